The van der Waals surface area contributed by atoms with Crippen LogP contribution in [0.25, 0.3) is 11.1 Å². The maximum atomic E-state index is 11.1. The quantitative estimate of drug-likeness (QED) is 0.888. The maximum Gasteiger partial charge on any atom is 0.338 e. The zero-order valence-electron chi connectivity index (χ0n) is 10.5. The topological polar surface area (TPSA) is 75.8 Å². The molecule has 0 aliphatic carbocycles. The molecule has 1 aliphatic rings. The van der Waals surface area contributed by atoms with E-state index < -0.39 is 5.97 Å². The SMILES string of the molecule is C[C@@H]1COCCN1c1nc2c(C(=O)O)cccc2o1. The van der Waals surface area contributed by atoms with Crippen molar-refractivity contribution in [1.29, 1.82) is 0 Å². The predicted molar refractivity (Wildman–Crippen MR) is 68.6 cm³/mol. The molecule has 100 valence electrons. The molecule has 2 heterocycles. The Morgan fingerprint density at radius 2 is 2.37 bits per heavy atom. The average molecular weight is 262 g/mol. The molecule has 1 aliphatic heterocycles. The number of aromatic carboxylic acids is 1. The average Bonchev–Trinajstić information content (AvgIpc) is 2.82. The maximum absolute atomic E-state index is 11.1. The molecule has 0 spiro atoms. The molecular formula is C13H14N2O4. The highest BCUT2D eigenvalue weighted by molar-refractivity contribution is 6.00. The number of anilines is 1. The van der Waals surface area contributed by atoms with Crippen molar-refractivity contribution in [2.45, 2.75) is 13.0 Å². The molecule has 1 aromatic carbocycles. The largest absolute Gasteiger partial charge is 0.478 e. The summed E-state index contributed by atoms with van der Waals surface area (Å²) in [5, 5.41) is 9.14. The number of oxazole rings is 1. The Morgan fingerprint density at radius 1 is 1.53 bits per heavy atom. The lowest BCUT2D eigenvalue weighted by Gasteiger charge is -2.31. The van der Waals surface area contributed by atoms with Crippen molar-refractivity contribution in [1.82, 2.24) is 4.98 Å². The van der Waals surface area contributed by atoms with Crippen LogP contribution in [0.2, 0.25) is 0 Å². The second-order valence-corrected chi connectivity index (χ2v) is 4.57. The molecule has 2 aromatic rings. The van der Waals surface area contributed by atoms with Gasteiger partial charge in [-0.25, -0.2) is 4.79 Å². The fourth-order valence-electron chi connectivity index (χ4n) is 2.24. The summed E-state index contributed by atoms with van der Waals surface area (Å²) in [7, 11) is 0. The summed E-state index contributed by atoms with van der Waals surface area (Å²) in [6.07, 6.45) is 0. The van der Waals surface area contributed by atoms with Crippen LogP contribution in [0.15, 0.2) is 22.6 Å². The summed E-state index contributed by atoms with van der Waals surface area (Å²) < 4.78 is 11.0. The number of fused-ring (bicyclic) bond motifs is 1. The second kappa shape index (κ2) is 4.55. The third kappa shape index (κ3) is 2.04. The lowest BCUT2D eigenvalue weighted by atomic mass is 10.2. The standard InChI is InChI=1S/C13H14N2O4/c1-8-7-18-6-5-15(8)13-14-11-9(12(16)17)3-2-4-10(11)19-13/h2-4,8H,5-7H2,1H3,(H,16,17)/t8-/m1/s1. The van der Waals surface area contributed by atoms with E-state index in [1.807, 2.05) is 11.8 Å². The van der Waals surface area contributed by atoms with Crippen molar-refractivity contribution in [3.63, 3.8) is 0 Å². The summed E-state index contributed by atoms with van der Waals surface area (Å²) in [5.74, 6) is -1.000. The molecule has 1 atom stereocenters. The first-order chi connectivity index (χ1) is 9.16. The lowest BCUT2D eigenvalue weighted by Crippen LogP contribution is -2.43. The zero-order chi connectivity index (χ0) is 13.4. The summed E-state index contributed by atoms with van der Waals surface area (Å²) in [6.45, 7) is 3.95. The van der Waals surface area contributed by atoms with E-state index in [1.54, 1.807) is 12.1 Å². The second-order valence-electron chi connectivity index (χ2n) is 4.57. The monoisotopic (exact) mass is 262 g/mol. The minimum Gasteiger partial charge on any atom is -0.478 e. The highest BCUT2D eigenvalue weighted by Gasteiger charge is 2.24. The van der Waals surface area contributed by atoms with Crippen molar-refractivity contribution in [3.8, 4) is 0 Å². The Labute approximate surface area is 109 Å². The summed E-state index contributed by atoms with van der Waals surface area (Å²) in [6, 6.07) is 5.53. The normalized spacial score (nSPS) is 19.8. The van der Waals surface area contributed by atoms with Crippen LogP contribution in [0, 0.1) is 0 Å². The van der Waals surface area contributed by atoms with Crippen LogP contribution in [0.3, 0.4) is 0 Å². The van der Waals surface area contributed by atoms with E-state index >= 15 is 0 Å². The molecule has 0 amide bonds. The van der Waals surface area contributed by atoms with Gasteiger partial charge >= 0.3 is 5.97 Å². The van der Waals surface area contributed by atoms with Crippen molar-refractivity contribution in [2.75, 3.05) is 24.7 Å². The molecule has 3 rings (SSSR count). The summed E-state index contributed by atoms with van der Waals surface area (Å²) in [5.41, 5.74) is 1.05. The number of carbonyl (C=O) groups is 1. The number of hydrogen-bond donors (Lipinski definition) is 1. The molecule has 0 unspecified atom stereocenters. The minimum absolute atomic E-state index is 0.161. The Kier molecular flexibility index (Phi) is 2.87. The molecule has 0 radical (unpaired) electrons. The van der Waals surface area contributed by atoms with Crippen LogP contribution in [0.5, 0.6) is 0 Å². The number of morpholine rings is 1. The highest BCUT2D eigenvalue weighted by atomic mass is 16.5. The van der Waals surface area contributed by atoms with Crippen molar-refractivity contribution < 1.29 is 19.1 Å². The number of carboxylic acid groups (broad SMARTS) is 1. The van der Waals surface area contributed by atoms with E-state index in [-0.39, 0.29) is 11.6 Å². The molecule has 0 bridgehead atoms. The fraction of sp³-hybridized carbons (Fsp3) is 0.385. The molecule has 19 heavy (non-hydrogen) atoms. The number of ether oxygens (including phenoxy) is 1. The molecule has 1 fully saturated rings. The molecule has 6 nitrogen and oxygen atoms in total. The zero-order valence-corrected chi connectivity index (χ0v) is 10.5. The Morgan fingerprint density at radius 3 is 3.11 bits per heavy atom. The van der Waals surface area contributed by atoms with Gasteiger partial charge in [0.05, 0.1) is 24.8 Å². The van der Waals surface area contributed by atoms with Gasteiger partial charge in [-0.2, -0.15) is 4.98 Å². The van der Waals surface area contributed by atoms with Crippen molar-refractivity contribution in [2.24, 2.45) is 0 Å². The molecule has 6 heteroatoms. The molecule has 0 saturated carbocycles. The molecule has 1 saturated heterocycles. The number of aromatic nitrogens is 1. The van der Waals surface area contributed by atoms with Crippen molar-refractivity contribution in [3.05, 3.63) is 23.8 Å². The van der Waals surface area contributed by atoms with Gasteiger partial charge in [-0.1, -0.05) is 6.07 Å². The minimum atomic E-state index is -1.000. The Bertz CT molecular complexity index is 622. The first-order valence-electron chi connectivity index (χ1n) is 6.14. The van der Waals surface area contributed by atoms with Crippen LogP contribution in [0.4, 0.5) is 6.01 Å². The summed E-state index contributed by atoms with van der Waals surface area (Å²) >= 11 is 0. The van der Waals surface area contributed by atoms with Crippen molar-refractivity contribution >= 4 is 23.1 Å². The van der Waals surface area contributed by atoms with Gasteiger partial charge in [0.15, 0.2) is 5.58 Å². The van der Waals surface area contributed by atoms with Crippen LogP contribution < -0.4 is 4.90 Å². The van der Waals surface area contributed by atoms with E-state index in [1.165, 1.54) is 6.07 Å². The first-order valence-corrected chi connectivity index (χ1v) is 6.14. The van der Waals surface area contributed by atoms with E-state index in [4.69, 9.17) is 14.3 Å². The van der Waals surface area contributed by atoms with Gasteiger partial charge in [0, 0.05) is 6.54 Å². The molecule has 1 aromatic heterocycles. The van der Waals surface area contributed by atoms with E-state index in [0.29, 0.717) is 36.9 Å². The van der Waals surface area contributed by atoms with Crippen LogP contribution in [0.1, 0.15) is 17.3 Å². The number of carboxylic acids is 1. The molecule has 1 N–H and O–H groups in total. The number of rotatable bonds is 2. The number of para-hydroxylation sites is 1. The van der Waals surface area contributed by atoms with Gasteiger partial charge in [-0.05, 0) is 19.1 Å². The van der Waals surface area contributed by atoms with Gasteiger partial charge in [0.25, 0.3) is 6.01 Å². The summed E-state index contributed by atoms with van der Waals surface area (Å²) in [4.78, 5) is 17.5. The van der Waals surface area contributed by atoms with Gasteiger partial charge in [-0.3, -0.25) is 0 Å². The van der Waals surface area contributed by atoms with Crippen LogP contribution in [-0.2, 0) is 4.74 Å². The third-order valence-corrected chi connectivity index (χ3v) is 3.25. The molecular weight excluding hydrogens is 248 g/mol. The number of benzene rings is 1. The first kappa shape index (κ1) is 12.0. The van der Waals surface area contributed by atoms with E-state index in [9.17, 15) is 4.79 Å². The Hall–Kier alpha value is -2.08. The predicted octanol–water partition coefficient (Wildman–Crippen LogP) is 1.75. The van der Waals surface area contributed by atoms with E-state index in [0.717, 1.165) is 0 Å². The van der Waals surface area contributed by atoms with Gasteiger partial charge in [-0.15, -0.1) is 0 Å². The van der Waals surface area contributed by atoms with Gasteiger partial charge < -0.3 is 19.2 Å². The van der Waals surface area contributed by atoms with Gasteiger partial charge in [0.1, 0.15) is 5.52 Å². The lowest BCUT2D eigenvalue weighted by molar-refractivity contribution is 0.0699. The fourth-order valence-corrected chi connectivity index (χ4v) is 2.24. The third-order valence-electron chi connectivity index (χ3n) is 3.25. The van der Waals surface area contributed by atoms with Gasteiger partial charge in [0.2, 0.25) is 0 Å². The van der Waals surface area contributed by atoms with E-state index in [2.05, 4.69) is 4.98 Å². The van der Waals surface area contributed by atoms with Crippen LogP contribution in [-0.4, -0.2) is 41.9 Å². The number of hydrogen-bond acceptors (Lipinski definition) is 5. The smallest absolute Gasteiger partial charge is 0.338 e. The highest BCUT2D eigenvalue weighted by Crippen LogP contribution is 2.26. The van der Waals surface area contributed by atoms with Crippen LogP contribution >= 0.6 is 0 Å². The number of nitrogens with zero attached hydrogens (tertiary/aromatic N) is 2. The Balaban J connectivity index is 2.06.